The summed E-state index contributed by atoms with van der Waals surface area (Å²) in [6.07, 6.45) is 4.48. The number of hydrogen-bond acceptors (Lipinski definition) is 9. The number of benzene rings is 4. The molecule has 0 radical (unpaired) electrons. The van der Waals surface area contributed by atoms with Crippen LogP contribution in [0.2, 0.25) is 5.04 Å². The number of carbonyl (C=O) groups is 1. The van der Waals surface area contributed by atoms with Crippen LogP contribution in [0.15, 0.2) is 127 Å². The van der Waals surface area contributed by atoms with E-state index < -0.39 is 19.7 Å². The zero-order valence-electron chi connectivity index (χ0n) is 35.3. The summed E-state index contributed by atoms with van der Waals surface area (Å²) in [6.45, 7) is 13.0. The topological polar surface area (TPSA) is 135 Å². The maximum Gasteiger partial charge on any atom is 0.264 e. The monoisotopic (exact) mass is 834 g/mol. The van der Waals surface area contributed by atoms with Gasteiger partial charge in [-0.15, -0.1) is 0 Å². The van der Waals surface area contributed by atoms with Gasteiger partial charge in [0.15, 0.2) is 5.65 Å². The van der Waals surface area contributed by atoms with E-state index in [-0.39, 0.29) is 46.6 Å². The molecule has 0 spiro atoms. The maximum atomic E-state index is 15.8. The van der Waals surface area contributed by atoms with Gasteiger partial charge in [0.2, 0.25) is 0 Å². The van der Waals surface area contributed by atoms with Crippen LogP contribution in [-0.4, -0.2) is 81.6 Å². The third-order valence-corrected chi connectivity index (χ3v) is 17.1. The quantitative estimate of drug-likeness (QED) is 0.0793. The molecule has 0 saturated carbocycles. The number of nitrogens with two attached hydrogens (primary N) is 1. The van der Waals surface area contributed by atoms with Crippen molar-refractivity contribution in [1.29, 1.82) is 5.26 Å². The van der Waals surface area contributed by atoms with E-state index >= 15 is 4.39 Å². The van der Waals surface area contributed by atoms with E-state index in [0.29, 0.717) is 60.7 Å². The van der Waals surface area contributed by atoms with Crippen LogP contribution >= 0.6 is 0 Å². The summed E-state index contributed by atoms with van der Waals surface area (Å²) in [6, 6.07) is 36.9. The van der Waals surface area contributed by atoms with Crippen molar-refractivity contribution < 1.29 is 18.3 Å². The summed E-state index contributed by atoms with van der Waals surface area (Å²) in [4.78, 5) is 26.9. The van der Waals surface area contributed by atoms with Gasteiger partial charge in [-0.1, -0.05) is 99.6 Å². The number of likely N-dealkylation sites (tertiary alicyclic amines) is 2. The molecule has 6 aromatic rings. The second-order valence-corrected chi connectivity index (χ2v) is 21.7. The molecule has 0 unspecified atom stereocenters. The highest BCUT2D eigenvalue weighted by Gasteiger charge is 2.53. The molecule has 61 heavy (non-hydrogen) atoms. The van der Waals surface area contributed by atoms with Crippen molar-refractivity contribution in [2.45, 2.75) is 70.2 Å². The van der Waals surface area contributed by atoms with Gasteiger partial charge in [-0.2, -0.15) is 10.4 Å². The number of carbonyl (C=O) groups excluding carboxylic acids is 1. The maximum absolute atomic E-state index is 15.8. The number of nitrogen functional groups attached to an aromatic ring is 1. The number of halogens is 1. The van der Waals surface area contributed by atoms with E-state index in [4.69, 9.17) is 20.0 Å². The smallest absolute Gasteiger partial charge is 0.264 e. The lowest BCUT2D eigenvalue weighted by Crippen LogP contribution is -2.72. The molecule has 4 aromatic carbocycles. The van der Waals surface area contributed by atoms with E-state index in [1.807, 2.05) is 44.2 Å². The number of anilines is 1. The Balaban J connectivity index is 0.997. The van der Waals surface area contributed by atoms with Crippen molar-refractivity contribution in [3.63, 3.8) is 0 Å². The first-order valence-electron chi connectivity index (χ1n) is 20.8. The Kier molecular flexibility index (Phi) is 11.4. The van der Waals surface area contributed by atoms with Gasteiger partial charge in [0.25, 0.3) is 14.2 Å². The molecule has 13 heteroatoms. The molecular weight excluding hydrogens is 784 g/mol. The van der Waals surface area contributed by atoms with Crippen LogP contribution in [0.25, 0.3) is 22.3 Å². The molecule has 0 aliphatic carbocycles. The standard InChI is InChI=1S/C48H51FN8O3Si/c1-47(2,3)61(38-19-11-7-12-20-38,39-21-13-8-14-22-39)60-37-30-56(31-37)48(4,5)27-33(28-50)46(58)55-25-15-16-34(29-55)57-45-42(44(51)52-32-53-45)43(54-57)40-24-23-36(26-41(40)49)59-35-17-9-6-10-18-35/h6-14,17-24,26-27,32,34,37H,15-16,25,29-31H2,1-5H3,(H2,51,52,53)/b33-27-/t34-/m1/s1. The molecule has 4 heterocycles. The Labute approximate surface area is 357 Å². The fraction of sp³-hybridized carbons (Fsp3) is 0.312. The SMILES string of the molecule is CC(C)(/C=C(/C#N)C(=O)N1CCC[C@@H](n2nc(-c3ccc(Oc4ccccc4)cc3F)c3c(N)ncnc32)C1)N1CC(O[Si](c2ccccc2)(c2ccccc2)C(C)(C)C)C1. The van der Waals surface area contributed by atoms with Gasteiger partial charge < -0.3 is 19.8 Å². The third-order valence-electron chi connectivity index (χ3n) is 12.0. The molecule has 2 saturated heterocycles. The number of rotatable bonds is 11. The molecule has 2 aliphatic rings. The van der Waals surface area contributed by atoms with Gasteiger partial charge in [-0.3, -0.25) is 9.69 Å². The first kappa shape index (κ1) is 41.5. The van der Waals surface area contributed by atoms with Gasteiger partial charge in [0.05, 0.1) is 17.5 Å². The molecule has 2 aromatic heterocycles. The molecule has 312 valence electrons. The predicted molar refractivity (Wildman–Crippen MR) is 238 cm³/mol. The third kappa shape index (κ3) is 8.06. The normalized spacial score (nSPS) is 16.9. The number of amides is 1. The average Bonchev–Trinajstić information content (AvgIpc) is 3.63. The lowest BCUT2D eigenvalue weighted by molar-refractivity contribution is -0.128. The summed E-state index contributed by atoms with van der Waals surface area (Å²) in [5.74, 6) is 0.206. The van der Waals surface area contributed by atoms with Gasteiger partial charge in [0, 0.05) is 43.3 Å². The number of ether oxygens (including phenoxy) is 1. The molecule has 11 nitrogen and oxygen atoms in total. The molecule has 8 rings (SSSR count). The summed E-state index contributed by atoms with van der Waals surface area (Å²) in [5, 5.41) is 18.0. The van der Waals surface area contributed by atoms with Crippen molar-refractivity contribution in [1.82, 2.24) is 29.5 Å². The van der Waals surface area contributed by atoms with Crippen molar-refractivity contribution in [2.75, 3.05) is 31.9 Å². The van der Waals surface area contributed by atoms with E-state index in [0.717, 1.165) is 0 Å². The first-order chi connectivity index (χ1) is 29.3. The zero-order chi connectivity index (χ0) is 42.9. The van der Waals surface area contributed by atoms with Crippen LogP contribution in [0.5, 0.6) is 11.5 Å². The number of fused-ring (bicyclic) bond motifs is 1. The Morgan fingerprint density at radius 1 is 0.885 bits per heavy atom. The predicted octanol–water partition coefficient (Wildman–Crippen LogP) is 7.66. The van der Waals surface area contributed by atoms with Crippen LogP contribution in [-0.2, 0) is 9.22 Å². The van der Waals surface area contributed by atoms with Crippen molar-refractivity contribution >= 4 is 41.4 Å². The van der Waals surface area contributed by atoms with Gasteiger partial charge in [-0.25, -0.2) is 19.0 Å². The Morgan fingerprint density at radius 2 is 1.52 bits per heavy atom. The second kappa shape index (κ2) is 16.7. The fourth-order valence-electron chi connectivity index (χ4n) is 8.83. The fourth-order valence-corrected chi connectivity index (χ4v) is 13.5. The molecule has 1 atom stereocenters. The van der Waals surface area contributed by atoms with Crippen LogP contribution in [0.3, 0.4) is 0 Å². The number of nitriles is 1. The minimum Gasteiger partial charge on any atom is -0.457 e. The summed E-state index contributed by atoms with van der Waals surface area (Å²) >= 11 is 0. The minimum atomic E-state index is -2.74. The van der Waals surface area contributed by atoms with Gasteiger partial charge >= 0.3 is 0 Å². The molecule has 1 amide bonds. The van der Waals surface area contributed by atoms with Crippen molar-refractivity contribution in [2.24, 2.45) is 0 Å². The molecule has 2 aliphatic heterocycles. The van der Waals surface area contributed by atoms with Crippen LogP contribution < -0.4 is 20.8 Å². The average molecular weight is 835 g/mol. The number of nitrogens with zero attached hydrogens (tertiary/aromatic N) is 7. The van der Waals surface area contributed by atoms with E-state index in [2.05, 4.69) is 90.2 Å². The van der Waals surface area contributed by atoms with Crippen LogP contribution in [0.1, 0.15) is 53.5 Å². The van der Waals surface area contributed by atoms with Crippen molar-refractivity contribution in [3.05, 3.63) is 133 Å². The molecule has 0 bridgehead atoms. The van der Waals surface area contributed by atoms with E-state index in [1.165, 1.54) is 22.8 Å². The molecular formula is C48H51FN8O3Si. The molecule has 2 N–H and O–H groups in total. The summed E-state index contributed by atoms with van der Waals surface area (Å²) in [7, 11) is -2.74. The highest BCUT2D eigenvalue weighted by molar-refractivity contribution is 6.99. The number of aromatic nitrogens is 4. The van der Waals surface area contributed by atoms with Gasteiger partial charge in [-0.05, 0) is 72.4 Å². The summed E-state index contributed by atoms with van der Waals surface area (Å²) in [5.41, 5.74) is 6.83. The highest BCUT2D eigenvalue weighted by atomic mass is 28.4. The lowest BCUT2D eigenvalue weighted by Gasteiger charge is -2.53. The van der Waals surface area contributed by atoms with E-state index in [9.17, 15) is 10.1 Å². The first-order valence-corrected chi connectivity index (χ1v) is 22.7. The zero-order valence-corrected chi connectivity index (χ0v) is 36.3. The summed E-state index contributed by atoms with van der Waals surface area (Å²) < 4.78 is 30.8. The Hall–Kier alpha value is -6.20. The largest absolute Gasteiger partial charge is 0.457 e. The Bertz CT molecular complexity index is 2560. The minimum absolute atomic E-state index is 0.0243. The number of piperidine rings is 1. The second-order valence-electron chi connectivity index (χ2n) is 17.5. The van der Waals surface area contributed by atoms with Crippen LogP contribution in [0.4, 0.5) is 10.2 Å². The molecule has 2 fully saturated rings. The van der Waals surface area contributed by atoms with Crippen LogP contribution in [0, 0.1) is 17.1 Å². The Morgan fingerprint density at radius 3 is 2.13 bits per heavy atom. The lowest BCUT2D eigenvalue weighted by atomic mass is 9.93. The van der Waals surface area contributed by atoms with E-state index in [1.54, 1.807) is 39.9 Å². The highest BCUT2D eigenvalue weighted by Crippen LogP contribution is 2.40. The number of hydrogen-bond donors (Lipinski definition) is 1. The number of para-hydroxylation sites is 1. The van der Waals surface area contributed by atoms with Crippen molar-refractivity contribution in [3.8, 4) is 28.8 Å². The van der Waals surface area contributed by atoms with Gasteiger partial charge in [0.1, 0.15) is 46.8 Å².